The predicted molar refractivity (Wildman–Crippen MR) is 63.9 cm³/mol. The summed E-state index contributed by atoms with van der Waals surface area (Å²) in [7, 11) is 0. The van der Waals surface area contributed by atoms with Crippen LogP contribution in [0, 0.1) is 34.5 Å². The van der Waals surface area contributed by atoms with E-state index in [-0.39, 0.29) is 18.0 Å². The third-order valence-electron chi connectivity index (χ3n) is 4.61. The Kier molecular flexibility index (Phi) is 3.16. The van der Waals surface area contributed by atoms with Crippen molar-refractivity contribution in [2.75, 3.05) is 0 Å². The number of ether oxygens (including phenoxy) is 1. The first-order chi connectivity index (χ1) is 7.97. The summed E-state index contributed by atoms with van der Waals surface area (Å²) in [6.07, 6.45) is 3.83. The zero-order chi connectivity index (χ0) is 12.6. The fourth-order valence-corrected chi connectivity index (χ4v) is 3.01. The Morgan fingerprint density at radius 1 is 1.41 bits per heavy atom. The third kappa shape index (κ3) is 2.18. The molecule has 0 heterocycles. The highest BCUT2D eigenvalue weighted by Crippen LogP contribution is 2.49. The summed E-state index contributed by atoms with van der Waals surface area (Å²) in [4.78, 5) is 12.0. The normalized spacial score (nSPS) is 35.6. The van der Waals surface area contributed by atoms with Crippen molar-refractivity contribution in [3.63, 3.8) is 0 Å². The molecule has 0 radical (unpaired) electrons. The van der Waals surface area contributed by atoms with E-state index in [1.54, 1.807) is 0 Å². The maximum absolute atomic E-state index is 12.0. The molecule has 0 aromatic rings. The second kappa shape index (κ2) is 4.33. The number of nitrogens with zero attached hydrogens (tertiary/aromatic N) is 1. The number of nitriles is 1. The molecule has 2 fully saturated rings. The van der Waals surface area contributed by atoms with Crippen molar-refractivity contribution in [1.29, 1.82) is 5.26 Å². The lowest BCUT2D eigenvalue weighted by Crippen LogP contribution is -2.34. The topological polar surface area (TPSA) is 50.1 Å². The van der Waals surface area contributed by atoms with Crippen molar-refractivity contribution in [2.45, 2.75) is 52.6 Å². The molecule has 4 atom stereocenters. The van der Waals surface area contributed by atoms with Gasteiger partial charge in [-0.15, -0.1) is 0 Å². The van der Waals surface area contributed by atoms with E-state index in [9.17, 15) is 4.79 Å². The number of hydrogen-bond donors (Lipinski definition) is 0. The van der Waals surface area contributed by atoms with Crippen LogP contribution in [0.15, 0.2) is 0 Å². The number of rotatable bonds is 3. The van der Waals surface area contributed by atoms with Crippen LogP contribution in [-0.4, -0.2) is 12.1 Å². The summed E-state index contributed by atoms with van der Waals surface area (Å²) in [5.74, 6) is 0.902. The van der Waals surface area contributed by atoms with Crippen LogP contribution < -0.4 is 0 Å². The number of hydrogen-bond acceptors (Lipinski definition) is 3. The summed E-state index contributed by atoms with van der Waals surface area (Å²) in [5, 5.41) is 9.06. The molecule has 0 aliphatic heterocycles. The monoisotopic (exact) mass is 235 g/mol. The minimum Gasteiger partial charge on any atom is -0.462 e. The predicted octanol–water partition coefficient (Wildman–Crippen LogP) is 2.90. The molecule has 2 bridgehead atoms. The Balaban J connectivity index is 1.98. The van der Waals surface area contributed by atoms with Gasteiger partial charge in [0, 0.05) is 5.92 Å². The van der Waals surface area contributed by atoms with Crippen molar-refractivity contribution in [3.8, 4) is 6.07 Å². The van der Waals surface area contributed by atoms with Crippen LogP contribution in [0.4, 0.5) is 0 Å². The van der Waals surface area contributed by atoms with E-state index in [1.807, 2.05) is 20.8 Å². The molecule has 0 aromatic heterocycles. The van der Waals surface area contributed by atoms with Gasteiger partial charge in [0.1, 0.15) is 6.10 Å². The fourth-order valence-electron chi connectivity index (χ4n) is 3.01. The van der Waals surface area contributed by atoms with Gasteiger partial charge in [0.15, 0.2) is 0 Å². The second-order valence-electron chi connectivity index (χ2n) is 6.15. The molecule has 0 spiro atoms. The number of carbonyl (C=O) groups is 1. The van der Waals surface area contributed by atoms with Crippen LogP contribution in [0.25, 0.3) is 0 Å². The van der Waals surface area contributed by atoms with E-state index < -0.39 is 5.41 Å². The standard InChI is InChI=1S/C14H21NO2/c1-4-14(2,3)13(16)17-12-7-9-5-10(8-15)11(12)6-9/h9-12H,4-7H2,1-3H3. The molecule has 0 N–H and O–H groups in total. The van der Waals surface area contributed by atoms with Crippen molar-refractivity contribution < 1.29 is 9.53 Å². The lowest BCUT2D eigenvalue weighted by atomic mass is 9.86. The van der Waals surface area contributed by atoms with Gasteiger partial charge in [0.2, 0.25) is 0 Å². The van der Waals surface area contributed by atoms with Crippen LogP contribution in [0.2, 0.25) is 0 Å². The third-order valence-corrected chi connectivity index (χ3v) is 4.61. The molecule has 94 valence electrons. The molecule has 0 amide bonds. The molecular formula is C14H21NO2. The number of fused-ring (bicyclic) bond motifs is 2. The summed E-state index contributed by atoms with van der Waals surface area (Å²) < 4.78 is 5.64. The first-order valence-corrected chi connectivity index (χ1v) is 6.58. The number of esters is 1. The zero-order valence-corrected chi connectivity index (χ0v) is 10.9. The van der Waals surface area contributed by atoms with Crippen molar-refractivity contribution in [2.24, 2.45) is 23.2 Å². The van der Waals surface area contributed by atoms with Crippen LogP contribution in [0.1, 0.15) is 46.5 Å². The van der Waals surface area contributed by atoms with Crippen LogP contribution in [-0.2, 0) is 9.53 Å². The lowest BCUT2D eigenvalue weighted by Gasteiger charge is -2.29. The van der Waals surface area contributed by atoms with Crippen LogP contribution in [0.5, 0.6) is 0 Å². The van der Waals surface area contributed by atoms with Gasteiger partial charge in [-0.2, -0.15) is 5.26 Å². The van der Waals surface area contributed by atoms with Crippen LogP contribution in [0.3, 0.4) is 0 Å². The zero-order valence-electron chi connectivity index (χ0n) is 10.9. The molecule has 0 saturated heterocycles. The average Bonchev–Trinajstić information content (AvgIpc) is 2.87. The van der Waals surface area contributed by atoms with Crippen molar-refractivity contribution in [3.05, 3.63) is 0 Å². The lowest BCUT2D eigenvalue weighted by molar-refractivity contribution is -0.162. The minimum absolute atomic E-state index is 0.00303. The van der Waals surface area contributed by atoms with E-state index in [2.05, 4.69) is 6.07 Å². The summed E-state index contributed by atoms with van der Waals surface area (Å²) in [6, 6.07) is 2.36. The van der Waals surface area contributed by atoms with Crippen molar-refractivity contribution >= 4 is 5.97 Å². The average molecular weight is 235 g/mol. The van der Waals surface area contributed by atoms with E-state index in [0.29, 0.717) is 11.8 Å². The SMILES string of the molecule is CCC(C)(C)C(=O)OC1CC2CC(C#N)C1C2. The molecule has 2 saturated carbocycles. The van der Waals surface area contributed by atoms with Gasteiger partial charge in [-0.05, 0) is 45.4 Å². The smallest absolute Gasteiger partial charge is 0.311 e. The molecule has 3 nitrogen and oxygen atoms in total. The van der Waals surface area contributed by atoms with Gasteiger partial charge in [0.25, 0.3) is 0 Å². The summed E-state index contributed by atoms with van der Waals surface area (Å²) >= 11 is 0. The molecule has 0 aromatic carbocycles. The second-order valence-corrected chi connectivity index (χ2v) is 6.15. The van der Waals surface area contributed by atoms with Crippen LogP contribution >= 0.6 is 0 Å². The minimum atomic E-state index is -0.399. The van der Waals surface area contributed by atoms with Gasteiger partial charge in [-0.3, -0.25) is 4.79 Å². The highest BCUT2D eigenvalue weighted by atomic mass is 16.5. The Morgan fingerprint density at radius 2 is 2.12 bits per heavy atom. The maximum Gasteiger partial charge on any atom is 0.311 e. The largest absolute Gasteiger partial charge is 0.462 e. The molecule has 2 aliphatic rings. The highest BCUT2D eigenvalue weighted by molar-refractivity contribution is 5.76. The van der Waals surface area contributed by atoms with Gasteiger partial charge >= 0.3 is 5.97 Å². The first-order valence-electron chi connectivity index (χ1n) is 6.58. The molecule has 4 unspecified atom stereocenters. The fraction of sp³-hybridized carbons (Fsp3) is 0.857. The van der Waals surface area contributed by atoms with Gasteiger partial charge < -0.3 is 4.74 Å². The quantitative estimate of drug-likeness (QED) is 0.707. The van der Waals surface area contributed by atoms with E-state index >= 15 is 0 Å². The molecular weight excluding hydrogens is 214 g/mol. The molecule has 3 heteroatoms. The van der Waals surface area contributed by atoms with Gasteiger partial charge in [-0.1, -0.05) is 6.92 Å². The summed E-state index contributed by atoms with van der Waals surface area (Å²) in [5.41, 5.74) is -0.399. The molecule has 2 rings (SSSR count). The Labute approximate surface area is 103 Å². The van der Waals surface area contributed by atoms with E-state index in [1.165, 1.54) is 0 Å². The van der Waals surface area contributed by atoms with E-state index in [0.717, 1.165) is 25.7 Å². The summed E-state index contributed by atoms with van der Waals surface area (Å²) in [6.45, 7) is 5.84. The Morgan fingerprint density at radius 3 is 2.65 bits per heavy atom. The Bertz CT molecular complexity index is 356. The molecule has 17 heavy (non-hydrogen) atoms. The van der Waals surface area contributed by atoms with E-state index in [4.69, 9.17) is 10.00 Å². The van der Waals surface area contributed by atoms with Gasteiger partial charge in [0.05, 0.1) is 17.4 Å². The molecule has 2 aliphatic carbocycles. The van der Waals surface area contributed by atoms with Gasteiger partial charge in [-0.25, -0.2) is 0 Å². The number of carbonyl (C=O) groups excluding carboxylic acids is 1. The van der Waals surface area contributed by atoms with Crippen molar-refractivity contribution in [1.82, 2.24) is 0 Å². The first kappa shape index (κ1) is 12.4. The highest BCUT2D eigenvalue weighted by Gasteiger charge is 2.49. The maximum atomic E-state index is 12.0. The Hall–Kier alpha value is -1.04.